The van der Waals surface area contributed by atoms with Gasteiger partial charge in [-0.2, -0.15) is 5.26 Å². The number of hydrogen-bond donors (Lipinski definition) is 0. The van der Waals surface area contributed by atoms with Gasteiger partial charge in [0.25, 0.3) is 0 Å². The number of nitriles is 1. The highest BCUT2D eigenvalue weighted by Gasteiger charge is 2.12. The van der Waals surface area contributed by atoms with Crippen molar-refractivity contribution in [1.82, 2.24) is 4.90 Å². The van der Waals surface area contributed by atoms with Crippen LogP contribution < -0.4 is 0 Å². The summed E-state index contributed by atoms with van der Waals surface area (Å²) in [5.41, 5.74) is 0. The van der Waals surface area contributed by atoms with Gasteiger partial charge in [0.1, 0.15) is 6.07 Å². The van der Waals surface area contributed by atoms with Gasteiger partial charge in [-0.15, -0.1) is 0 Å². The fourth-order valence-electron chi connectivity index (χ4n) is 1.26. The highest BCUT2D eigenvalue weighted by molar-refractivity contribution is 5.69. The molecule has 0 aromatic rings. The number of esters is 1. The van der Waals surface area contributed by atoms with Crippen LogP contribution in [0.4, 0.5) is 0 Å². The molecule has 14 heavy (non-hydrogen) atoms. The van der Waals surface area contributed by atoms with Crippen molar-refractivity contribution in [1.29, 1.82) is 5.26 Å². The maximum atomic E-state index is 11.0. The van der Waals surface area contributed by atoms with E-state index in [4.69, 9.17) is 10.00 Å². The van der Waals surface area contributed by atoms with Crippen molar-refractivity contribution in [2.24, 2.45) is 0 Å². The molecule has 0 unspecified atom stereocenters. The standard InChI is InChI=1S/C9H14N2O3/c10-2-6-14-9(12)1-3-11-4-7-13-8-5-11/h1,3-8H2. The van der Waals surface area contributed by atoms with Crippen LogP contribution in [0.5, 0.6) is 0 Å². The maximum absolute atomic E-state index is 11.0. The molecule has 0 aromatic heterocycles. The summed E-state index contributed by atoms with van der Waals surface area (Å²) in [5, 5.41) is 8.18. The summed E-state index contributed by atoms with van der Waals surface area (Å²) in [6.45, 7) is 3.73. The third kappa shape index (κ3) is 4.21. The summed E-state index contributed by atoms with van der Waals surface area (Å²) in [4.78, 5) is 13.2. The average Bonchev–Trinajstić information content (AvgIpc) is 2.25. The monoisotopic (exact) mass is 198 g/mol. The molecule has 5 heteroatoms. The first-order valence-electron chi connectivity index (χ1n) is 4.65. The number of hydrogen-bond acceptors (Lipinski definition) is 5. The van der Waals surface area contributed by atoms with Crippen LogP contribution >= 0.6 is 0 Å². The third-order valence-electron chi connectivity index (χ3n) is 2.03. The lowest BCUT2D eigenvalue weighted by molar-refractivity contribution is -0.142. The molecule has 0 saturated carbocycles. The first-order chi connectivity index (χ1) is 6.83. The third-order valence-corrected chi connectivity index (χ3v) is 2.03. The molecule has 1 fully saturated rings. The zero-order valence-corrected chi connectivity index (χ0v) is 8.07. The first-order valence-corrected chi connectivity index (χ1v) is 4.65. The number of rotatable bonds is 4. The van der Waals surface area contributed by atoms with Gasteiger partial charge < -0.3 is 9.47 Å². The van der Waals surface area contributed by atoms with Crippen molar-refractivity contribution in [2.75, 3.05) is 39.5 Å². The molecule has 0 radical (unpaired) electrons. The average molecular weight is 198 g/mol. The van der Waals surface area contributed by atoms with Crippen molar-refractivity contribution in [3.8, 4) is 6.07 Å². The molecule has 0 aliphatic carbocycles. The van der Waals surface area contributed by atoms with Crippen LogP contribution in [-0.4, -0.2) is 50.3 Å². The van der Waals surface area contributed by atoms with E-state index in [1.54, 1.807) is 6.07 Å². The summed E-state index contributed by atoms with van der Waals surface area (Å²) in [6.07, 6.45) is 0.349. The second-order valence-corrected chi connectivity index (χ2v) is 3.02. The molecule has 78 valence electrons. The number of nitrogens with zero attached hydrogens (tertiary/aromatic N) is 2. The van der Waals surface area contributed by atoms with E-state index in [1.807, 2.05) is 0 Å². The highest BCUT2D eigenvalue weighted by Crippen LogP contribution is 1.98. The van der Waals surface area contributed by atoms with Crippen molar-refractivity contribution in [3.63, 3.8) is 0 Å². The Balaban J connectivity index is 2.07. The molecule has 1 heterocycles. The number of carbonyl (C=O) groups excluding carboxylic acids is 1. The maximum Gasteiger partial charge on any atom is 0.308 e. The molecule has 0 N–H and O–H groups in total. The number of morpholine rings is 1. The SMILES string of the molecule is N#CCOC(=O)CCN1CCOCC1. The van der Waals surface area contributed by atoms with Crippen molar-refractivity contribution in [3.05, 3.63) is 0 Å². The Kier molecular flexibility index (Phi) is 4.97. The van der Waals surface area contributed by atoms with Gasteiger partial charge in [-0.3, -0.25) is 9.69 Å². The van der Waals surface area contributed by atoms with Gasteiger partial charge in [-0.1, -0.05) is 0 Å². The molecular formula is C9H14N2O3. The van der Waals surface area contributed by atoms with E-state index in [0.29, 0.717) is 13.0 Å². The van der Waals surface area contributed by atoms with E-state index in [2.05, 4.69) is 9.64 Å². The topological polar surface area (TPSA) is 62.6 Å². The lowest BCUT2D eigenvalue weighted by Gasteiger charge is -2.25. The molecule has 0 bridgehead atoms. The second kappa shape index (κ2) is 6.35. The van der Waals surface area contributed by atoms with Crippen LogP contribution in [0, 0.1) is 11.3 Å². The molecule has 0 amide bonds. The van der Waals surface area contributed by atoms with E-state index < -0.39 is 0 Å². The van der Waals surface area contributed by atoms with Gasteiger partial charge in [0.2, 0.25) is 0 Å². The lowest BCUT2D eigenvalue weighted by atomic mass is 10.3. The highest BCUT2D eigenvalue weighted by atomic mass is 16.5. The normalized spacial score (nSPS) is 17.4. The minimum Gasteiger partial charge on any atom is -0.450 e. The summed E-state index contributed by atoms with van der Waals surface area (Å²) < 4.78 is 9.79. The molecule has 0 spiro atoms. The van der Waals surface area contributed by atoms with Gasteiger partial charge >= 0.3 is 5.97 Å². The van der Waals surface area contributed by atoms with Gasteiger partial charge in [-0.25, -0.2) is 0 Å². The van der Waals surface area contributed by atoms with Gasteiger partial charge in [0, 0.05) is 19.6 Å². The zero-order chi connectivity index (χ0) is 10.2. The molecular weight excluding hydrogens is 184 g/mol. The molecule has 0 atom stereocenters. The minimum atomic E-state index is -0.307. The summed E-state index contributed by atoms with van der Waals surface area (Å²) in [7, 11) is 0. The summed E-state index contributed by atoms with van der Waals surface area (Å²) >= 11 is 0. The minimum absolute atomic E-state index is 0.151. The molecule has 0 aromatic carbocycles. The summed E-state index contributed by atoms with van der Waals surface area (Å²) in [6, 6.07) is 1.76. The van der Waals surface area contributed by atoms with E-state index >= 15 is 0 Å². The lowest BCUT2D eigenvalue weighted by Crippen LogP contribution is -2.37. The van der Waals surface area contributed by atoms with Crippen LogP contribution in [0.1, 0.15) is 6.42 Å². The quantitative estimate of drug-likeness (QED) is 0.584. The Morgan fingerprint density at radius 3 is 2.86 bits per heavy atom. The van der Waals surface area contributed by atoms with Crippen molar-refractivity contribution in [2.45, 2.75) is 6.42 Å². The van der Waals surface area contributed by atoms with E-state index in [0.717, 1.165) is 26.3 Å². The van der Waals surface area contributed by atoms with E-state index in [1.165, 1.54) is 0 Å². The first kappa shape index (κ1) is 11.0. The Morgan fingerprint density at radius 2 is 2.21 bits per heavy atom. The van der Waals surface area contributed by atoms with Crippen molar-refractivity contribution >= 4 is 5.97 Å². The van der Waals surface area contributed by atoms with Crippen LogP contribution in [0.2, 0.25) is 0 Å². The van der Waals surface area contributed by atoms with Crippen LogP contribution in [0.3, 0.4) is 0 Å². The smallest absolute Gasteiger partial charge is 0.308 e. The van der Waals surface area contributed by atoms with Crippen molar-refractivity contribution < 1.29 is 14.3 Å². The number of carbonyl (C=O) groups is 1. The predicted octanol–water partition coefficient (Wildman–Crippen LogP) is -0.225. The van der Waals surface area contributed by atoms with Crippen LogP contribution in [0.15, 0.2) is 0 Å². The molecule has 5 nitrogen and oxygen atoms in total. The van der Waals surface area contributed by atoms with Gasteiger partial charge in [0.15, 0.2) is 6.61 Å². The molecule has 1 aliphatic heterocycles. The Morgan fingerprint density at radius 1 is 1.50 bits per heavy atom. The Hall–Kier alpha value is -1.12. The zero-order valence-electron chi connectivity index (χ0n) is 8.07. The predicted molar refractivity (Wildman–Crippen MR) is 48.4 cm³/mol. The van der Waals surface area contributed by atoms with E-state index in [-0.39, 0.29) is 12.6 Å². The van der Waals surface area contributed by atoms with E-state index in [9.17, 15) is 4.79 Å². The van der Waals surface area contributed by atoms with Crippen LogP contribution in [-0.2, 0) is 14.3 Å². The number of ether oxygens (including phenoxy) is 2. The van der Waals surface area contributed by atoms with Gasteiger partial charge in [0.05, 0.1) is 19.6 Å². The fraction of sp³-hybridized carbons (Fsp3) is 0.778. The molecule has 1 saturated heterocycles. The fourth-order valence-corrected chi connectivity index (χ4v) is 1.26. The van der Waals surface area contributed by atoms with Crippen LogP contribution in [0.25, 0.3) is 0 Å². The molecule has 1 rings (SSSR count). The Labute approximate surface area is 83.2 Å². The summed E-state index contributed by atoms with van der Waals surface area (Å²) in [5.74, 6) is -0.307. The second-order valence-electron chi connectivity index (χ2n) is 3.02. The van der Waals surface area contributed by atoms with Gasteiger partial charge in [-0.05, 0) is 0 Å². The molecule has 1 aliphatic rings. The largest absolute Gasteiger partial charge is 0.450 e. The Bertz CT molecular complexity index is 219.